The number of aliphatic hydroxyl groups is 1. The smallest absolute Gasteiger partial charge is 0.480 e. The van der Waals surface area contributed by atoms with Crippen LogP contribution in [0.3, 0.4) is 0 Å². The largest absolute Gasteiger partial charge is 0.613 e. The molecule has 0 saturated carbocycles. The highest BCUT2D eigenvalue weighted by Crippen LogP contribution is 2.45. The van der Waals surface area contributed by atoms with Gasteiger partial charge in [0.1, 0.15) is 36.3 Å². The van der Waals surface area contributed by atoms with Crippen molar-refractivity contribution in [1.29, 1.82) is 0 Å². The third-order valence-electron chi connectivity index (χ3n) is 9.73. The Bertz CT molecular complexity index is 1590. The van der Waals surface area contributed by atoms with E-state index in [1.54, 1.807) is 13.8 Å². The van der Waals surface area contributed by atoms with Gasteiger partial charge in [0, 0.05) is 19.9 Å². The number of carboxylic acid groups (broad SMARTS) is 1. The zero-order valence-corrected chi connectivity index (χ0v) is 35.6. The summed E-state index contributed by atoms with van der Waals surface area (Å²) in [5.74, 6) is -5.87. The summed E-state index contributed by atoms with van der Waals surface area (Å²) in [4.78, 5) is 122. The molecule has 14 N–H and O–H groups in total. The molecule has 0 spiro atoms. The quantitative estimate of drug-likeness (QED) is 0.0371. The van der Waals surface area contributed by atoms with Crippen LogP contribution >= 0.6 is 8.17 Å². The zero-order chi connectivity index (χ0) is 45.2. The van der Waals surface area contributed by atoms with Gasteiger partial charge >= 0.3 is 14.1 Å². The van der Waals surface area contributed by atoms with E-state index in [1.807, 2.05) is 0 Å². The Balaban J connectivity index is 2.37. The summed E-state index contributed by atoms with van der Waals surface area (Å²) in [7, 11) is -4.61. The maximum absolute atomic E-state index is 14.1. The molecule has 2 rings (SSSR count). The predicted octanol–water partition coefficient (Wildman–Crippen LogP) is -1.53. The van der Waals surface area contributed by atoms with Gasteiger partial charge in [-0.2, -0.15) is 14.7 Å². The number of nitrogens with one attached hydrogen (secondary N) is 5. The molecule has 60 heavy (non-hydrogen) atoms. The standard InChI is InChI=1S/C38H63N8O13P/c1-22(2)20-29(34(50)41-27(10-5-7-17-39)33(49)45-32(23(3)47)37(53)42-28(38(54)55)11-6-8-18-40)43-35(51)30(44-36(52)31-12-9-19-46(31)24(4)48)21-25-13-15-26(16-14-25)59-60(56,57)58/h13-16,22-23,27-32,47,56-58H,5-12,17-21,39-40H2,1-4H3,(H5-,41,42,43,44,45,49,50,51,52,53,54,55)/p+1. The molecule has 1 saturated heterocycles. The molecule has 0 aromatic heterocycles. The Morgan fingerprint density at radius 3 is 1.82 bits per heavy atom. The predicted molar refractivity (Wildman–Crippen MR) is 219 cm³/mol. The molecule has 6 amide bonds. The Labute approximate surface area is 350 Å². The number of nitrogens with zero attached hydrogens (tertiary/aromatic N) is 1. The molecule has 1 heterocycles. The molecule has 0 radical (unpaired) electrons. The number of carbonyl (C=O) groups is 7. The van der Waals surface area contributed by atoms with Crippen LogP contribution in [0.5, 0.6) is 5.75 Å². The first-order chi connectivity index (χ1) is 28.2. The van der Waals surface area contributed by atoms with Crippen molar-refractivity contribution in [3.8, 4) is 5.75 Å². The van der Waals surface area contributed by atoms with Crippen molar-refractivity contribution in [2.75, 3.05) is 19.6 Å². The Hall–Kier alpha value is -4.50. The van der Waals surface area contributed by atoms with Crippen LogP contribution in [0.2, 0.25) is 0 Å². The molecule has 1 aromatic carbocycles. The van der Waals surface area contributed by atoms with Crippen molar-refractivity contribution < 1.29 is 63.0 Å². The van der Waals surface area contributed by atoms with Crippen LogP contribution in [0.15, 0.2) is 24.3 Å². The number of hydrogen-bond donors (Lipinski definition) is 12. The molecule has 1 aliphatic rings. The van der Waals surface area contributed by atoms with Crippen molar-refractivity contribution in [3.05, 3.63) is 29.8 Å². The average molecular weight is 872 g/mol. The number of carbonyl (C=O) groups excluding carboxylic acids is 6. The van der Waals surface area contributed by atoms with Gasteiger partial charge in [0.15, 0.2) is 5.75 Å². The van der Waals surface area contributed by atoms with Crippen LogP contribution in [0, 0.1) is 5.92 Å². The highest BCUT2D eigenvalue weighted by Gasteiger charge is 2.38. The Morgan fingerprint density at radius 1 is 0.767 bits per heavy atom. The molecule has 1 fully saturated rings. The fourth-order valence-corrected chi connectivity index (χ4v) is 7.04. The zero-order valence-electron chi connectivity index (χ0n) is 34.7. The molecule has 7 unspecified atom stereocenters. The van der Waals surface area contributed by atoms with Crippen LogP contribution in [0.4, 0.5) is 0 Å². The molecule has 22 heteroatoms. The molecule has 7 atom stereocenters. The number of benzene rings is 1. The summed E-state index contributed by atoms with van der Waals surface area (Å²) in [6.07, 6.45) is 1.24. The van der Waals surface area contributed by atoms with Crippen LogP contribution in [-0.2, 0) is 40.0 Å². The van der Waals surface area contributed by atoms with Gasteiger partial charge in [0.2, 0.25) is 35.4 Å². The molecule has 21 nitrogen and oxygen atoms in total. The van der Waals surface area contributed by atoms with Gasteiger partial charge in [0.25, 0.3) is 0 Å². The maximum atomic E-state index is 14.1. The first kappa shape index (κ1) is 51.6. The van der Waals surface area contributed by atoms with Crippen molar-refractivity contribution in [1.82, 2.24) is 31.5 Å². The fourth-order valence-electron chi connectivity index (χ4n) is 6.64. The van der Waals surface area contributed by atoms with E-state index in [0.717, 1.165) is 0 Å². The molecule has 0 bridgehead atoms. The highest BCUT2D eigenvalue weighted by atomic mass is 31.2. The second kappa shape index (κ2) is 25.3. The van der Waals surface area contributed by atoms with E-state index in [-0.39, 0.29) is 49.8 Å². The minimum Gasteiger partial charge on any atom is -0.480 e. The van der Waals surface area contributed by atoms with Crippen molar-refractivity contribution in [2.24, 2.45) is 17.4 Å². The van der Waals surface area contributed by atoms with Crippen molar-refractivity contribution >= 4 is 49.6 Å². The van der Waals surface area contributed by atoms with Crippen LogP contribution < -0.4 is 42.6 Å². The summed E-state index contributed by atoms with van der Waals surface area (Å²) in [6, 6.07) is -2.07. The average Bonchev–Trinajstić information content (AvgIpc) is 3.66. The van der Waals surface area contributed by atoms with Gasteiger partial charge in [-0.3, -0.25) is 33.3 Å². The van der Waals surface area contributed by atoms with Gasteiger partial charge in [-0.05, 0) is 101 Å². The Kier molecular flexibility index (Phi) is 21.8. The summed E-state index contributed by atoms with van der Waals surface area (Å²) < 4.78 is 4.71. The monoisotopic (exact) mass is 871 g/mol. The lowest BCUT2D eigenvalue weighted by Crippen LogP contribution is -2.61. The fraction of sp³-hybridized carbons (Fsp3) is 0.658. The minimum atomic E-state index is -4.61. The van der Waals surface area contributed by atoms with Crippen molar-refractivity contribution in [2.45, 2.75) is 134 Å². The van der Waals surface area contributed by atoms with Crippen LogP contribution in [-0.4, -0.2) is 133 Å². The van der Waals surface area contributed by atoms with Gasteiger partial charge in [-0.15, -0.1) is 0 Å². The SMILES string of the molecule is CC(=O)N1CCCC1C(=O)NC(Cc1ccc(O[P+](O)(O)O)cc1)C(=O)NC(CC(C)C)C(=O)NC(CCCCN)C(=O)NC(C(=O)NC(CCCCN)C(=O)O)C(C)O. The van der Waals surface area contributed by atoms with E-state index in [1.165, 1.54) is 43.0 Å². The van der Waals surface area contributed by atoms with E-state index in [9.17, 15) is 58.5 Å². The summed E-state index contributed by atoms with van der Waals surface area (Å²) in [5, 5.41) is 32.9. The van der Waals surface area contributed by atoms with Gasteiger partial charge in [-0.1, -0.05) is 26.0 Å². The number of amides is 6. The van der Waals surface area contributed by atoms with E-state index < -0.39 is 86.0 Å². The van der Waals surface area contributed by atoms with E-state index >= 15 is 0 Å². The van der Waals surface area contributed by atoms with Crippen molar-refractivity contribution in [3.63, 3.8) is 0 Å². The van der Waals surface area contributed by atoms with Crippen LogP contribution in [0.25, 0.3) is 0 Å². The first-order valence-electron chi connectivity index (χ1n) is 20.1. The lowest BCUT2D eigenvalue weighted by Gasteiger charge is -2.29. The molecule has 0 aliphatic carbocycles. The number of aliphatic carboxylic acids is 1. The molecule has 1 aliphatic heterocycles. The van der Waals surface area contributed by atoms with Gasteiger partial charge in [0.05, 0.1) is 6.10 Å². The number of nitrogens with two attached hydrogens (primary N) is 2. The number of carboxylic acids is 1. The topological polar surface area (TPSA) is 345 Å². The van der Waals surface area contributed by atoms with Gasteiger partial charge in [-0.25, -0.2) is 4.79 Å². The molecule has 1 aromatic rings. The summed E-state index contributed by atoms with van der Waals surface area (Å²) >= 11 is 0. The lowest BCUT2D eigenvalue weighted by molar-refractivity contribution is -0.143. The Morgan fingerprint density at radius 2 is 1.30 bits per heavy atom. The maximum Gasteiger partial charge on any atom is 0.613 e. The van der Waals surface area contributed by atoms with E-state index in [4.69, 9.17) is 16.0 Å². The third-order valence-corrected chi connectivity index (χ3v) is 10.2. The first-order valence-corrected chi connectivity index (χ1v) is 21.7. The highest BCUT2D eigenvalue weighted by molar-refractivity contribution is 7.53. The van der Waals surface area contributed by atoms with Crippen LogP contribution in [0.1, 0.15) is 91.0 Å². The molecule has 338 valence electrons. The van der Waals surface area contributed by atoms with E-state index in [2.05, 4.69) is 26.6 Å². The summed E-state index contributed by atoms with van der Waals surface area (Å²) in [6.45, 7) is 7.11. The van der Waals surface area contributed by atoms with E-state index in [0.29, 0.717) is 57.2 Å². The number of aliphatic hydroxyl groups excluding tert-OH is 1. The number of unbranched alkanes of at least 4 members (excludes halogenated alkanes) is 2. The molecular weight excluding hydrogens is 807 g/mol. The third kappa shape index (κ3) is 18.0. The second-order valence-corrected chi connectivity index (χ2v) is 16.5. The lowest BCUT2D eigenvalue weighted by atomic mass is 9.99. The molecular formula is C38H64N8O13P+. The normalized spacial score (nSPS) is 17.1. The number of rotatable bonds is 26. The second-order valence-electron chi connectivity index (χ2n) is 15.3. The summed E-state index contributed by atoms with van der Waals surface area (Å²) in [5.41, 5.74) is 11.6. The number of likely N-dealkylation sites (tertiary alicyclic amines) is 1. The number of hydrogen-bond acceptors (Lipinski definition) is 14. The van der Waals surface area contributed by atoms with Gasteiger partial charge < -0.3 is 53.2 Å². The minimum absolute atomic E-state index is 0.0422.